The highest BCUT2D eigenvalue weighted by Gasteiger charge is 2.26. The third-order valence-corrected chi connectivity index (χ3v) is 6.81. The van der Waals surface area contributed by atoms with Gasteiger partial charge in [-0.2, -0.15) is 0 Å². The van der Waals surface area contributed by atoms with Crippen molar-refractivity contribution in [3.63, 3.8) is 0 Å². The van der Waals surface area contributed by atoms with Gasteiger partial charge in [-0.1, -0.05) is 0 Å². The van der Waals surface area contributed by atoms with Crippen molar-refractivity contribution in [2.45, 2.75) is 25.7 Å². The molecule has 3 N–H and O–H groups in total. The molecular weight excluding hydrogens is 448 g/mol. The average Bonchev–Trinajstić information content (AvgIpc) is 3.12. The summed E-state index contributed by atoms with van der Waals surface area (Å²) in [7, 11) is -3.38. The molecule has 166 valence electrons. The van der Waals surface area contributed by atoms with Crippen LogP contribution in [0, 0.1) is 0 Å². The predicted molar refractivity (Wildman–Crippen MR) is 126 cm³/mol. The van der Waals surface area contributed by atoms with E-state index in [1.807, 2.05) is 0 Å². The summed E-state index contributed by atoms with van der Waals surface area (Å²) in [6.07, 6.45) is 7.86. The quantitative estimate of drug-likeness (QED) is 0.505. The Morgan fingerprint density at radius 3 is 2.38 bits per heavy atom. The van der Waals surface area contributed by atoms with Gasteiger partial charge in [0.05, 0.1) is 17.4 Å². The van der Waals surface area contributed by atoms with Gasteiger partial charge in [0.15, 0.2) is 0 Å². The number of hydrogen-bond donors (Lipinski definition) is 3. The predicted octanol–water partition coefficient (Wildman–Crippen LogP) is 3.90. The van der Waals surface area contributed by atoms with Gasteiger partial charge >= 0.3 is 0 Å². The van der Waals surface area contributed by atoms with E-state index in [9.17, 15) is 18.0 Å². The molecule has 0 atom stereocenters. The van der Waals surface area contributed by atoms with Crippen LogP contribution in [0.4, 0.5) is 16.4 Å². The Hall–Kier alpha value is -3.24. The average molecular weight is 471 g/mol. The third kappa shape index (κ3) is 5.14. The van der Waals surface area contributed by atoms with Crippen LogP contribution in [-0.2, 0) is 22.9 Å². The molecule has 2 aromatic heterocycles. The maximum Gasteiger partial charge on any atom is 0.258 e. The molecule has 3 aromatic rings. The van der Waals surface area contributed by atoms with Crippen LogP contribution in [-0.4, -0.2) is 31.5 Å². The summed E-state index contributed by atoms with van der Waals surface area (Å²) in [5.41, 5.74) is 2.81. The van der Waals surface area contributed by atoms with Gasteiger partial charge in [0, 0.05) is 28.6 Å². The lowest BCUT2D eigenvalue weighted by molar-refractivity contribution is 0.102. The van der Waals surface area contributed by atoms with Crippen LogP contribution in [0.2, 0.25) is 0 Å². The van der Waals surface area contributed by atoms with Gasteiger partial charge in [-0.25, -0.2) is 8.42 Å². The second kappa shape index (κ2) is 9.09. The number of carbonyl (C=O) groups excluding carboxylic acids is 2. The molecule has 10 heteroatoms. The van der Waals surface area contributed by atoms with E-state index in [-0.39, 0.29) is 11.8 Å². The lowest BCUT2D eigenvalue weighted by atomic mass is 9.95. The monoisotopic (exact) mass is 470 g/mol. The minimum absolute atomic E-state index is 0.310. The minimum Gasteiger partial charge on any atom is -0.322 e. The Morgan fingerprint density at radius 1 is 0.969 bits per heavy atom. The van der Waals surface area contributed by atoms with Crippen molar-refractivity contribution in [2.24, 2.45) is 0 Å². The largest absolute Gasteiger partial charge is 0.322 e. The minimum atomic E-state index is -3.38. The maximum atomic E-state index is 13.2. The number of amides is 2. The molecule has 0 bridgehead atoms. The number of aromatic nitrogens is 1. The fraction of sp³-hybridized carbons (Fsp3) is 0.227. The van der Waals surface area contributed by atoms with E-state index in [2.05, 4.69) is 20.3 Å². The van der Waals surface area contributed by atoms with E-state index in [1.54, 1.807) is 42.6 Å². The number of sulfonamides is 1. The SMILES string of the molecule is CS(=O)(=O)Nc1ccc(NC(=O)c2c(NC(=O)c3cccnc3)sc3c2CCCC3)cc1. The molecule has 0 saturated carbocycles. The number of rotatable bonds is 6. The van der Waals surface area contributed by atoms with Gasteiger partial charge in [0.25, 0.3) is 11.8 Å². The molecule has 0 radical (unpaired) electrons. The fourth-order valence-electron chi connectivity index (χ4n) is 3.60. The number of anilines is 3. The highest BCUT2D eigenvalue weighted by atomic mass is 32.2. The van der Waals surface area contributed by atoms with Crippen molar-refractivity contribution in [3.8, 4) is 0 Å². The third-order valence-electron chi connectivity index (χ3n) is 5.00. The summed E-state index contributed by atoms with van der Waals surface area (Å²) in [6, 6.07) is 9.75. The number of thiophene rings is 1. The van der Waals surface area contributed by atoms with Gasteiger partial charge in [0.1, 0.15) is 5.00 Å². The Bertz CT molecular complexity index is 1250. The second-order valence-electron chi connectivity index (χ2n) is 7.52. The Balaban J connectivity index is 1.58. The standard InChI is InChI=1S/C22H22N4O4S2/c1-32(29,30)26-16-10-8-15(9-11-16)24-21(28)19-17-6-2-3-7-18(17)31-22(19)25-20(27)14-5-4-12-23-13-14/h4-5,8-13,26H,2-3,6-7H2,1H3,(H,24,28)(H,25,27). The lowest BCUT2D eigenvalue weighted by Gasteiger charge is -2.13. The smallest absolute Gasteiger partial charge is 0.258 e. The van der Waals surface area contributed by atoms with Crippen molar-refractivity contribution in [3.05, 3.63) is 70.4 Å². The molecule has 1 aliphatic rings. The van der Waals surface area contributed by atoms with E-state index >= 15 is 0 Å². The van der Waals surface area contributed by atoms with Gasteiger partial charge in [0.2, 0.25) is 10.0 Å². The van der Waals surface area contributed by atoms with Crippen molar-refractivity contribution < 1.29 is 18.0 Å². The van der Waals surface area contributed by atoms with E-state index < -0.39 is 10.0 Å². The number of nitrogens with zero attached hydrogens (tertiary/aromatic N) is 1. The number of fused-ring (bicyclic) bond motifs is 1. The molecular formula is C22H22N4O4S2. The number of carbonyl (C=O) groups is 2. The number of benzene rings is 1. The zero-order valence-corrected chi connectivity index (χ0v) is 19.0. The van der Waals surface area contributed by atoms with Gasteiger partial charge in [-0.05, 0) is 67.6 Å². The molecule has 2 amide bonds. The molecule has 0 fully saturated rings. The van der Waals surface area contributed by atoms with Crippen molar-refractivity contribution in [1.29, 1.82) is 0 Å². The van der Waals surface area contributed by atoms with E-state index in [0.29, 0.717) is 27.5 Å². The van der Waals surface area contributed by atoms with Gasteiger partial charge in [-0.3, -0.25) is 19.3 Å². The summed E-state index contributed by atoms with van der Waals surface area (Å²) in [5, 5.41) is 6.28. The molecule has 2 heterocycles. The molecule has 1 aliphatic carbocycles. The van der Waals surface area contributed by atoms with Crippen LogP contribution in [0.25, 0.3) is 0 Å². The summed E-state index contributed by atoms with van der Waals surface area (Å²) in [5.74, 6) is -0.628. The highest BCUT2D eigenvalue weighted by Crippen LogP contribution is 2.38. The molecule has 0 aliphatic heterocycles. The van der Waals surface area contributed by atoms with Gasteiger partial charge in [-0.15, -0.1) is 11.3 Å². The first-order valence-electron chi connectivity index (χ1n) is 10.1. The lowest BCUT2D eigenvalue weighted by Crippen LogP contribution is -2.18. The maximum absolute atomic E-state index is 13.2. The van der Waals surface area contributed by atoms with Crippen LogP contribution in [0.1, 0.15) is 44.0 Å². The van der Waals surface area contributed by atoms with Crippen LogP contribution in [0.15, 0.2) is 48.8 Å². The zero-order valence-electron chi connectivity index (χ0n) is 17.3. The molecule has 32 heavy (non-hydrogen) atoms. The molecule has 0 spiro atoms. The van der Waals surface area contributed by atoms with E-state index in [1.165, 1.54) is 17.5 Å². The first kappa shape index (κ1) is 22.0. The molecule has 4 rings (SSSR count). The van der Waals surface area contributed by atoms with E-state index in [0.717, 1.165) is 42.4 Å². The topological polar surface area (TPSA) is 117 Å². The first-order valence-corrected chi connectivity index (χ1v) is 12.8. The molecule has 0 saturated heterocycles. The summed E-state index contributed by atoms with van der Waals surface area (Å²) in [4.78, 5) is 31.0. The Morgan fingerprint density at radius 2 is 1.69 bits per heavy atom. The van der Waals surface area contributed by atoms with Crippen molar-refractivity contribution >= 4 is 49.6 Å². The summed E-state index contributed by atoms with van der Waals surface area (Å²) < 4.78 is 25.1. The second-order valence-corrected chi connectivity index (χ2v) is 10.4. The van der Waals surface area contributed by atoms with Crippen molar-refractivity contribution in [2.75, 3.05) is 21.6 Å². The highest BCUT2D eigenvalue weighted by molar-refractivity contribution is 7.92. The van der Waals surface area contributed by atoms with Crippen LogP contribution >= 0.6 is 11.3 Å². The van der Waals surface area contributed by atoms with Crippen LogP contribution < -0.4 is 15.4 Å². The normalized spacial score (nSPS) is 13.2. The molecule has 1 aromatic carbocycles. The van der Waals surface area contributed by atoms with Crippen molar-refractivity contribution in [1.82, 2.24) is 4.98 Å². The molecule has 0 unspecified atom stereocenters. The Labute approximate surface area is 190 Å². The summed E-state index contributed by atoms with van der Waals surface area (Å²) >= 11 is 1.44. The zero-order chi connectivity index (χ0) is 22.7. The van der Waals surface area contributed by atoms with Crippen LogP contribution in [0.3, 0.4) is 0 Å². The number of aryl methyl sites for hydroxylation is 1. The summed E-state index contributed by atoms with van der Waals surface area (Å²) in [6.45, 7) is 0. The number of hydrogen-bond acceptors (Lipinski definition) is 6. The van der Waals surface area contributed by atoms with Crippen LogP contribution in [0.5, 0.6) is 0 Å². The van der Waals surface area contributed by atoms with Gasteiger partial charge < -0.3 is 10.6 Å². The first-order chi connectivity index (χ1) is 15.3. The molecule has 8 nitrogen and oxygen atoms in total. The fourth-order valence-corrected chi connectivity index (χ4v) is 5.44. The Kier molecular flexibility index (Phi) is 6.24. The number of nitrogens with one attached hydrogen (secondary N) is 3. The number of pyridine rings is 1. The van der Waals surface area contributed by atoms with E-state index in [4.69, 9.17) is 0 Å².